The van der Waals surface area contributed by atoms with E-state index in [0.717, 1.165) is 17.8 Å². The van der Waals surface area contributed by atoms with Crippen LogP contribution in [0.4, 0.5) is 8.78 Å². The van der Waals surface area contributed by atoms with Gasteiger partial charge in [0, 0.05) is 6.07 Å². The molecular formula is C13H11F2P. The largest absolute Gasteiger partial charge is 0.207 e. The molecule has 0 saturated heterocycles. The highest BCUT2D eigenvalue weighted by molar-refractivity contribution is 7.15. The molecule has 2 rings (SSSR count). The van der Waals surface area contributed by atoms with Crippen LogP contribution in [0.1, 0.15) is 5.56 Å². The van der Waals surface area contributed by atoms with E-state index in [1.807, 2.05) is 24.3 Å². The molecule has 0 spiro atoms. The van der Waals surface area contributed by atoms with Gasteiger partial charge in [-0.1, -0.05) is 24.3 Å². The Bertz CT molecular complexity index is 472. The Morgan fingerprint density at radius 3 is 1.88 bits per heavy atom. The van der Waals surface area contributed by atoms with E-state index in [2.05, 4.69) is 9.24 Å². The summed E-state index contributed by atoms with van der Waals surface area (Å²) in [6.07, 6.45) is 0.873. The first-order valence-corrected chi connectivity index (χ1v) is 5.76. The van der Waals surface area contributed by atoms with Crippen LogP contribution in [-0.2, 0) is 6.16 Å². The third-order valence-corrected chi connectivity index (χ3v) is 2.86. The van der Waals surface area contributed by atoms with Crippen molar-refractivity contribution < 1.29 is 8.78 Å². The van der Waals surface area contributed by atoms with Gasteiger partial charge in [-0.05, 0) is 35.0 Å². The summed E-state index contributed by atoms with van der Waals surface area (Å²) in [5.41, 5.74) is 2.55. The van der Waals surface area contributed by atoms with Crippen LogP contribution in [0.25, 0.3) is 11.1 Å². The fourth-order valence-electron chi connectivity index (χ4n) is 1.55. The lowest BCUT2D eigenvalue weighted by atomic mass is 10.0. The molecule has 2 aromatic carbocycles. The average molecular weight is 236 g/mol. The van der Waals surface area contributed by atoms with Gasteiger partial charge in [-0.2, -0.15) is 0 Å². The molecule has 1 atom stereocenters. The van der Waals surface area contributed by atoms with Crippen molar-refractivity contribution in [3.05, 3.63) is 59.7 Å². The van der Waals surface area contributed by atoms with Crippen molar-refractivity contribution in [1.29, 1.82) is 0 Å². The fourth-order valence-corrected chi connectivity index (χ4v) is 1.83. The van der Waals surface area contributed by atoms with Gasteiger partial charge in [0.05, 0.1) is 0 Å². The third kappa shape index (κ3) is 2.45. The predicted octanol–water partition coefficient (Wildman–Crippen LogP) is 4.01. The van der Waals surface area contributed by atoms with Crippen molar-refractivity contribution in [2.24, 2.45) is 0 Å². The van der Waals surface area contributed by atoms with E-state index >= 15 is 0 Å². The first-order chi connectivity index (χ1) is 7.69. The minimum Gasteiger partial charge on any atom is -0.207 e. The van der Waals surface area contributed by atoms with Gasteiger partial charge in [-0.25, -0.2) is 8.78 Å². The summed E-state index contributed by atoms with van der Waals surface area (Å²) in [5.74, 6) is -1.10. The first-order valence-electron chi connectivity index (χ1n) is 4.94. The van der Waals surface area contributed by atoms with Gasteiger partial charge in [0.25, 0.3) is 0 Å². The Hall–Kier alpha value is -1.27. The Kier molecular flexibility index (Phi) is 3.31. The van der Waals surface area contributed by atoms with E-state index in [1.165, 1.54) is 17.7 Å². The van der Waals surface area contributed by atoms with E-state index in [4.69, 9.17) is 0 Å². The predicted molar refractivity (Wildman–Crippen MR) is 65.2 cm³/mol. The van der Waals surface area contributed by atoms with Crippen LogP contribution in [-0.4, -0.2) is 0 Å². The van der Waals surface area contributed by atoms with E-state index in [9.17, 15) is 8.78 Å². The van der Waals surface area contributed by atoms with Gasteiger partial charge in [0.15, 0.2) is 0 Å². The summed E-state index contributed by atoms with van der Waals surface area (Å²) >= 11 is 0. The lowest BCUT2D eigenvalue weighted by molar-refractivity contribution is 0.584. The molecule has 1 unspecified atom stereocenters. The van der Waals surface area contributed by atoms with Crippen molar-refractivity contribution in [3.63, 3.8) is 0 Å². The van der Waals surface area contributed by atoms with E-state index in [-0.39, 0.29) is 0 Å². The number of rotatable bonds is 2. The van der Waals surface area contributed by atoms with Crippen LogP contribution in [0.15, 0.2) is 42.5 Å². The van der Waals surface area contributed by atoms with Crippen molar-refractivity contribution in [2.45, 2.75) is 6.16 Å². The molecule has 0 bridgehead atoms. The molecule has 0 nitrogen and oxygen atoms in total. The van der Waals surface area contributed by atoms with Crippen molar-refractivity contribution >= 4 is 9.24 Å². The van der Waals surface area contributed by atoms with Crippen LogP contribution in [0, 0.1) is 11.6 Å². The van der Waals surface area contributed by atoms with Gasteiger partial charge in [-0.3, -0.25) is 0 Å². The average Bonchev–Trinajstić information content (AvgIpc) is 2.28. The normalized spacial score (nSPS) is 10.4. The Morgan fingerprint density at radius 2 is 1.38 bits per heavy atom. The first kappa shape index (κ1) is 11.2. The van der Waals surface area contributed by atoms with Gasteiger partial charge < -0.3 is 0 Å². The second-order valence-corrected chi connectivity index (χ2v) is 3.97. The van der Waals surface area contributed by atoms with Gasteiger partial charge >= 0.3 is 0 Å². The van der Waals surface area contributed by atoms with Gasteiger partial charge in [0.2, 0.25) is 0 Å². The topological polar surface area (TPSA) is 0 Å². The zero-order chi connectivity index (χ0) is 11.5. The zero-order valence-electron chi connectivity index (χ0n) is 8.58. The number of benzene rings is 2. The maximum Gasteiger partial charge on any atom is 0.126 e. The van der Waals surface area contributed by atoms with E-state index in [0.29, 0.717) is 5.56 Å². The van der Waals surface area contributed by atoms with E-state index < -0.39 is 11.6 Å². The molecule has 0 aliphatic carbocycles. The molecule has 2 aromatic rings. The second-order valence-electron chi connectivity index (χ2n) is 3.56. The Morgan fingerprint density at radius 1 is 0.812 bits per heavy atom. The molecule has 0 aliphatic heterocycles. The number of hydrogen-bond donors (Lipinski definition) is 0. The maximum atomic E-state index is 13.0. The molecule has 0 radical (unpaired) electrons. The van der Waals surface area contributed by atoms with Crippen LogP contribution in [0.3, 0.4) is 0 Å². The van der Waals surface area contributed by atoms with Crippen LogP contribution in [0.2, 0.25) is 0 Å². The summed E-state index contributed by atoms with van der Waals surface area (Å²) < 4.78 is 26.0. The molecule has 0 heterocycles. The molecule has 82 valence electrons. The molecule has 0 aromatic heterocycles. The highest BCUT2D eigenvalue weighted by Crippen LogP contribution is 2.22. The highest BCUT2D eigenvalue weighted by atomic mass is 31.0. The molecule has 0 fully saturated rings. The van der Waals surface area contributed by atoms with Crippen LogP contribution < -0.4 is 0 Å². The Balaban J connectivity index is 2.42. The molecular weight excluding hydrogens is 225 g/mol. The summed E-state index contributed by atoms with van der Waals surface area (Å²) in [5, 5.41) is 0. The second kappa shape index (κ2) is 4.71. The molecule has 0 N–H and O–H groups in total. The minimum atomic E-state index is -0.551. The summed E-state index contributed by atoms with van der Waals surface area (Å²) in [6.45, 7) is 0. The third-order valence-electron chi connectivity index (χ3n) is 2.39. The molecule has 0 saturated carbocycles. The molecule has 0 aliphatic rings. The molecule has 16 heavy (non-hydrogen) atoms. The van der Waals surface area contributed by atoms with Crippen molar-refractivity contribution in [1.82, 2.24) is 0 Å². The highest BCUT2D eigenvalue weighted by Gasteiger charge is 2.02. The van der Waals surface area contributed by atoms with E-state index in [1.54, 1.807) is 0 Å². The van der Waals surface area contributed by atoms with Crippen LogP contribution >= 0.6 is 9.24 Å². The minimum absolute atomic E-state index is 0.551. The fraction of sp³-hybridized carbons (Fsp3) is 0.0769. The Labute approximate surface area is 95.5 Å². The summed E-state index contributed by atoms with van der Waals surface area (Å²) in [6, 6.07) is 11.2. The zero-order valence-corrected chi connectivity index (χ0v) is 9.74. The van der Waals surface area contributed by atoms with Crippen LogP contribution in [0.5, 0.6) is 0 Å². The SMILES string of the molecule is Fc1cc(F)cc(-c2ccc(CP)cc2)c1. The molecule has 0 amide bonds. The lowest BCUT2D eigenvalue weighted by Gasteiger charge is -2.03. The number of halogens is 2. The quantitative estimate of drug-likeness (QED) is 0.691. The monoisotopic (exact) mass is 236 g/mol. The van der Waals surface area contributed by atoms with Gasteiger partial charge in [-0.15, -0.1) is 9.24 Å². The lowest BCUT2D eigenvalue weighted by Crippen LogP contribution is -1.84. The standard InChI is InChI=1S/C13H11F2P/c14-12-5-11(6-13(15)7-12)10-3-1-9(8-16)2-4-10/h1-7H,8,16H2. The maximum absolute atomic E-state index is 13.0. The van der Waals surface area contributed by atoms with Gasteiger partial charge in [0.1, 0.15) is 11.6 Å². The van der Waals surface area contributed by atoms with Crippen molar-refractivity contribution in [3.8, 4) is 11.1 Å². The number of hydrogen-bond acceptors (Lipinski definition) is 0. The van der Waals surface area contributed by atoms with Crippen molar-refractivity contribution in [2.75, 3.05) is 0 Å². The summed E-state index contributed by atoms with van der Waals surface area (Å²) in [7, 11) is 2.63. The molecule has 3 heteroatoms. The summed E-state index contributed by atoms with van der Waals surface area (Å²) in [4.78, 5) is 0. The smallest absolute Gasteiger partial charge is 0.126 e.